The average Bonchev–Trinajstić information content (AvgIpc) is 3.03. The molecule has 1 aromatic carbocycles. The molecule has 0 aliphatic heterocycles. The number of benzene rings is 1. The first kappa shape index (κ1) is 18.0. The summed E-state index contributed by atoms with van der Waals surface area (Å²) >= 11 is 0. The van der Waals surface area contributed by atoms with Gasteiger partial charge in [0, 0.05) is 19.1 Å². The Morgan fingerprint density at radius 3 is 2.39 bits per heavy atom. The summed E-state index contributed by atoms with van der Waals surface area (Å²) in [7, 11) is 1.56. The van der Waals surface area contributed by atoms with E-state index in [9.17, 15) is 4.79 Å². The van der Waals surface area contributed by atoms with Gasteiger partial charge in [-0.05, 0) is 29.9 Å². The maximum atomic E-state index is 12.1. The van der Waals surface area contributed by atoms with Gasteiger partial charge in [-0.2, -0.15) is 0 Å². The average molecular weight is 318 g/mol. The highest BCUT2D eigenvalue weighted by molar-refractivity contribution is 5.81. The maximum Gasteiger partial charge on any atom is 0.239 e. The van der Waals surface area contributed by atoms with Crippen molar-refractivity contribution in [1.82, 2.24) is 5.32 Å². The molecule has 1 fully saturated rings. The minimum Gasteiger partial charge on any atom is -0.383 e. The van der Waals surface area contributed by atoms with Crippen LogP contribution >= 0.6 is 0 Å². The zero-order valence-corrected chi connectivity index (χ0v) is 14.6. The van der Waals surface area contributed by atoms with E-state index in [-0.39, 0.29) is 17.9 Å². The number of methoxy groups -OCH3 is 1. The molecule has 2 rings (SSSR count). The molecule has 3 N–H and O–H groups in total. The van der Waals surface area contributed by atoms with Crippen molar-refractivity contribution in [3.05, 3.63) is 35.4 Å². The van der Waals surface area contributed by atoms with E-state index < -0.39 is 6.04 Å². The summed E-state index contributed by atoms with van der Waals surface area (Å²) < 4.78 is 4.96. The largest absolute Gasteiger partial charge is 0.383 e. The topological polar surface area (TPSA) is 64.3 Å². The minimum absolute atomic E-state index is 0.0535. The minimum atomic E-state index is -0.596. The Balaban J connectivity index is 2.08. The summed E-state index contributed by atoms with van der Waals surface area (Å²) in [5.74, 6) is 0.409. The van der Waals surface area contributed by atoms with Gasteiger partial charge in [0.2, 0.25) is 5.91 Å². The summed E-state index contributed by atoms with van der Waals surface area (Å²) in [6.07, 6.45) is 4.67. The molecule has 4 nitrogen and oxygen atoms in total. The predicted molar refractivity (Wildman–Crippen MR) is 93.5 cm³/mol. The number of carbonyl (C=O) groups excluding carboxylic acids is 1. The Hall–Kier alpha value is -1.39. The van der Waals surface area contributed by atoms with Gasteiger partial charge in [0.1, 0.15) is 6.04 Å². The van der Waals surface area contributed by atoms with Crippen LogP contribution in [-0.4, -0.2) is 32.2 Å². The van der Waals surface area contributed by atoms with Crippen molar-refractivity contribution in [3.63, 3.8) is 0 Å². The van der Waals surface area contributed by atoms with Crippen molar-refractivity contribution in [1.29, 1.82) is 0 Å². The highest BCUT2D eigenvalue weighted by atomic mass is 16.5. The number of rotatable bonds is 7. The Labute approximate surface area is 139 Å². The zero-order valence-electron chi connectivity index (χ0n) is 14.6. The first-order valence-corrected chi connectivity index (χ1v) is 8.61. The molecule has 0 aromatic heterocycles. The molecule has 128 valence electrons. The van der Waals surface area contributed by atoms with Gasteiger partial charge in [0.15, 0.2) is 0 Å². The van der Waals surface area contributed by atoms with Crippen LogP contribution in [0.15, 0.2) is 24.3 Å². The van der Waals surface area contributed by atoms with Gasteiger partial charge in [-0.1, -0.05) is 51.0 Å². The molecule has 0 radical (unpaired) electrons. The third-order valence-electron chi connectivity index (χ3n) is 5.03. The lowest BCUT2D eigenvalue weighted by Crippen LogP contribution is -2.47. The number of hydrogen-bond donors (Lipinski definition) is 2. The third kappa shape index (κ3) is 4.33. The molecule has 1 amide bonds. The van der Waals surface area contributed by atoms with Crippen LogP contribution in [-0.2, 0) is 14.9 Å². The van der Waals surface area contributed by atoms with Crippen LogP contribution in [0.2, 0.25) is 0 Å². The van der Waals surface area contributed by atoms with E-state index in [0.29, 0.717) is 12.5 Å². The lowest BCUT2D eigenvalue weighted by molar-refractivity contribution is -0.123. The highest BCUT2D eigenvalue weighted by Crippen LogP contribution is 2.41. The third-order valence-corrected chi connectivity index (χ3v) is 5.03. The number of ether oxygens (including phenoxy) is 1. The Morgan fingerprint density at radius 1 is 1.26 bits per heavy atom. The summed E-state index contributed by atoms with van der Waals surface area (Å²) in [4.78, 5) is 12.1. The van der Waals surface area contributed by atoms with Crippen molar-refractivity contribution in [2.45, 2.75) is 56.9 Å². The van der Waals surface area contributed by atoms with E-state index in [2.05, 4.69) is 43.4 Å². The SMILES string of the molecule is COCC(N)C(=O)NCC1(c2ccc(C(C)C)cc2)CCCC1. The van der Waals surface area contributed by atoms with Crippen molar-refractivity contribution < 1.29 is 9.53 Å². The van der Waals surface area contributed by atoms with E-state index in [4.69, 9.17) is 10.5 Å². The molecule has 0 heterocycles. The van der Waals surface area contributed by atoms with Crippen molar-refractivity contribution in [2.75, 3.05) is 20.3 Å². The zero-order chi connectivity index (χ0) is 16.9. The fraction of sp³-hybridized carbons (Fsp3) is 0.632. The Kier molecular flexibility index (Phi) is 6.19. The molecule has 1 unspecified atom stereocenters. The molecular formula is C19H30N2O2. The van der Waals surface area contributed by atoms with Crippen LogP contribution in [0.4, 0.5) is 0 Å². The second-order valence-electron chi connectivity index (χ2n) is 7.04. The van der Waals surface area contributed by atoms with Gasteiger partial charge in [0.05, 0.1) is 6.61 Å². The summed E-state index contributed by atoms with van der Waals surface area (Å²) in [5, 5.41) is 3.04. The van der Waals surface area contributed by atoms with Gasteiger partial charge >= 0.3 is 0 Å². The van der Waals surface area contributed by atoms with Gasteiger partial charge in [0.25, 0.3) is 0 Å². The van der Waals surface area contributed by atoms with Crippen molar-refractivity contribution >= 4 is 5.91 Å². The van der Waals surface area contributed by atoms with Crippen LogP contribution in [0.1, 0.15) is 56.6 Å². The van der Waals surface area contributed by atoms with Gasteiger partial charge in [-0.15, -0.1) is 0 Å². The molecule has 0 bridgehead atoms. The van der Waals surface area contributed by atoms with Crippen molar-refractivity contribution in [3.8, 4) is 0 Å². The van der Waals surface area contributed by atoms with Crippen LogP contribution in [0.5, 0.6) is 0 Å². The standard InChI is InChI=1S/C19H30N2O2/c1-14(2)15-6-8-16(9-7-15)19(10-4-5-11-19)13-21-18(22)17(20)12-23-3/h6-9,14,17H,4-5,10-13,20H2,1-3H3,(H,21,22). The number of amides is 1. The molecule has 1 saturated carbocycles. The molecule has 0 spiro atoms. The number of nitrogens with one attached hydrogen (secondary N) is 1. The van der Waals surface area contributed by atoms with Crippen LogP contribution in [0.25, 0.3) is 0 Å². The van der Waals surface area contributed by atoms with Crippen molar-refractivity contribution in [2.24, 2.45) is 5.73 Å². The second kappa shape index (κ2) is 7.93. The molecule has 1 aliphatic carbocycles. The van der Waals surface area contributed by atoms with Gasteiger partial charge in [-0.3, -0.25) is 4.79 Å². The highest BCUT2D eigenvalue weighted by Gasteiger charge is 2.36. The quantitative estimate of drug-likeness (QED) is 0.812. The normalized spacial score (nSPS) is 18.1. The molecule has 1 aromatic rings. The first-order chi connectivity index (χ1) is 11.0. The summed E-state index contributed by atoms with van der Waals surface area (Å²) in [5.41, 5.74) is 8.55. The second-order valence-corrected chi connectivity index (χ2v) is 7.04. The molecule has 0 saturated heterocycles. The van der Waals surface area contributed by atoms with E-state index >= 15 is 0 Å². The molecule has 23 heavy (non-hydrogen) atoms. The van der Waals surface area contributed by atoms with E-state index in [0.717, 1.165) is 12.8 Å². The number of nitrogens with two attached hydrogens (primary N) is 1. The Morgan fingerprint density at radius 2 is 1.87 bits per heavy atom. The van der Waals surface area contributed by atoms with Crippen LogP contribution < -0.4 is 11.1 Å². The maximum absolute atomic E-state index is 12.1. The summed E-state index contributed by atoms with van der Waals surface area (Å²) in [6.45, 7) is 5.32. The van der Waals surface area contributed by atoms with E-state index in [1.54, 1.807) is 7.11 Å². The lowest BCUT2D eigenvalue weighted by atomic mass is 9.78. The Bertz CT molecular complexity index is 505. The predicted octanol–water partition coefficient (Wildman–Crippen LogP) is 2.71. The molecular weight excluding hydrogens is 288 g/mol. The fourth-order valence-corrected chi connectivity index (χ4v) is 3.48. The molecule has 1 atom stereocenters. The number of hydrogen-bond acceptors (Lipinski definition) is 3. The summed E-state index contributed by atoms with van der Waals surface area (Å²) in [6, 6.07) is 8.32. The first-order valence-electron chi connectivity index (χ1n) is 8.61. The van der Waals surface area contributed by atoms with E-state index in [1.807, 2.05) is 0 Å². The number of carbonyl (C=O) groups is 1. The fourth-order valence-electron chi connectivity index (χ4n) is 3.48. The van der Waals surface area contributed by atoms with Gasteiger partial charge < -0.3 is 15.8 Å². The van der Waals surface area contributed by atoms with E-state index in [1.165, 1.54) is 24.0 Å². The lowest BCUT2D eigenvalue weighted by Gasteiger charge is -2.31. The molecule has 1 aliphatic rings. The van der Waals surface area contributed by atoms with Crippen LogP contribution in [0.3, 0.4) is 0 Å². The smallest absolute Gasteiger partial charge is 0.239 e. The molecule has 4 heteroatoms. The van der Waals surface area contributed by atoms with Gasteiger partial charge in [-0.25, -0.2) is 0 Å². The monoisotopic (exact) mass is 318 g/mol. The van der Waals surface area contributed by atoms with Crippen LogP contribution in [0, 0.1) is 0 Å².